The van der Waals surface area contributed by atoms with Crippen LogP contribution in [0.5, 0.6) is 11.6 Å². The number of hydrogen-bond donors (Lipinski definition) is 2. The van der Waals surface area contributed by atoms with Crippen molar-refractivity contribution in [3.05, 3.63) is 58.0 Å². The Bertz CT molecular complexity index is 1140. The summed E-state index contributed by atoms with van der Waals surface area (Å²) in [5, 5.41) is 11.6. The summed E-state index contributed by atoms with van der Waals surface area (Å²) in [5.74, 6) is 1.32. The quantitative estimate of drug-likeness (QED) is 0.583. The smallest absolute Gasteiger partial charge is 0.218 e. The highest BCUT2D eigenvalue weighted by Crippen LogP contribution is 2.36. The van der Waals surface area contributed by atoms with Gasteiger partial charge in [0, 0.05) is 41.0 Å². The molecule has 3 aromatic heterocycles. The molecule has 0 aliphatic heterocycles. The Morgan fingerprint density at radius 2 is 1.96 bits per heavy atom. The van der Waals surface area contributed by atoms with E-state index in [-0.39, 0.29) is 10.8 Å². The van der Waals surface area contributed by atoms with Crippen LogP contribution in [0.15, 0.2) is 41.3 Å². The van der Waals surface area contributed by atoms with Gasteiger partial charge in [-0.1, -0.05) is 20.8 Å². The number of aromatic nitrogens is 4. The highest BCUT2D eigenvalue weighted by atomic mass is 16.5. The van der Waals surface area contributed by atoms with Crippen LogP contribution in [0, 0.1) is 6.92 Å². The molecule has 128 valence electrons. The van der Waals surface area contributed by atoms with Crippen molar-refractivity contribution in [2.24, 2.45) is 0 Å². The van der Waals surface area contributed by atoms with Crippen LogP contribution in [-0.4, -0.2) is 19.8 Å². The number of benzene rings is 1. The van der Waals surface area contributed by atoms with Gasteiger partial charge in [0.25, 0.3) is 0 Å². The average Bonchev–Trinajstić information content (AvgIpc) is 3.07. The van der Waals surface area contributed by atoms with Gasteiger partial charge in [-0.25, -0.2) is 0 Å². The molecule has 0 fully saturated rings. The second-order valence-electron chi connectivity index (χ2n) is 7.31. The number of nitrogens with one attached hydrogen (secondary N) is 2. The minimum Gasteiger partial charge on any atom is -0.439 e. The third kappa shape index (κ3) is 2.59. The molecule has 1 aromatic carbocycles. The summed E-state index contributed by atoms with van der Waals surface area (Å²) in [6.45, 7) is 8.28. The summed E-state index contributed by atoms with van der Waals surface area (Å²) in [6.07, 6.45) is 1.72. The fourth-order valence-electron chi connectivity index (χ4n) is 3.16. The summed E-state index contributed by atoms with van der Waals surface area (Å²) < 4.78 is 7.96. The Kier molecular flexibility index (Phi) is 3.25. The van der Waals surface area contributed by atoms with Gasteiger partial charge in [-0.15, -0.1) is 0 Å². The first-order valence-corrected chi connectivity index (χ1v) is 8.20. The Labute approximate surface area is 144 Å². The van der Waals surface area contributed by atoms with Crippen LogP contribution >= 0.6 is 0 Å². The van der Waals surface area contributed by atoms with Gasteiger partial charge < -0.3 is 4.74 Å². The second-order valence-corrected chi connectivity index (χ2v) is 7.31. The van der Waals surface area contributed by atoms with E-state index in [0.717, 1.165) is 27.7 Å². The summed E-state index contributed by atoms with van der Waals surface area (Å²) in [6, 6.07) is 8.97. The topological polar surface area (TPSA) is 75.2 Å². The van der Waals surface area contributed by atoms with Gasteiger partial charge in [-0.3, -0.25) is 19.5 Å². The largest absolute Gasteiger partial charge is 0.439 e. The second kappa shape index (κ2) is 5.24. The Hall–Kier alpha value is -3.02. The number of nitrogens with zero attached hydrogens (tertiary/aromatic N) is 2. The first-order valence-electron chi connectivity index (χ1n) is 8.20. The van der Waals surface area contributed by atoms with E-state index in [2.05, 4.69) is 36.1 Å². The molecule has 4 aromatic rings. The lowest BCUT2D eigenvalue weighted by atomic mass is 9.87. The fraction of sp³-hybridized carbons (Fsp3) is 0.263. The molecule has 3 heterocycles. The Morgan fingerprint density at radius 3 is 2.72 bits per heavy atom. The van der Waals surface area contributed by atoms with Crippen molar-refractivity contribution < 1.29 is 4.74 Å². The van der Waals surface area contributed by atoms with Crippen molar-refractivity contribution in [2.45, 2.75) is 33.1 Å². The van der Waals surface area contributed by atoms with Crippen LogP contribution in [0.4, 0.5) is 0 Å². The molecule has 0 saturated carbocycles. The minimum absolute atomic E-state index is 0.0236. The van der Waals surface area contributed by atoms with Crippen LogP contribution in [0.3, 0.4) is 0 Å². The normalized spacial score (nSPS) is 12.2. The van der Waals surface area contributed by atoms with Crippen LogP contribution in [0.25, 0.3) is 16.4 Å². The van der Waals surface area contributed by atoms with Crippen molar-refractivity contribution in [2.75, 3.05) is 0 Å². The molecule has 6 heteroatoms. The third-order valence-corrected chi connectivity index (χ3v) is 4.32. The monoisotopic (exact) mass is 336 g/mol. The number of fused-ring (bicyclic) bond motifs is 2. The lowest BCUT2D eigenvalue weighted by Gasteiger charge is -2.19. The zero-order chi connectivity index (χ0) is 17.8. The summed E-state index contributed by atoms with van der Waals surface area (Å²) in [5.41, 5.74) is 3.46. The maximum absolute atomic E-state index is 11.8. The van der Waals surface area contributed by atoms with Crippen LogP contribution < -0.4 is 10.2 Å². The van der Waals surface area contributed by atoms with Crippen LogP contribution in [-0.2, 0) is 5.41 Å². The molecule has 0 aliphatic carbocycles. The van der Waals surface area contributed by atoms with E-state index in [1.807, 2.05) is 29.6 Å². The molecule has 0 atom stereocenters. The number of pyridine rings is 1. The van der Waals surface area contributed by atoms with E-state index < -0.39 is 0 Å². The van der Waals surface area contributed by atoms with E-state index in [1.165, 1.54) is 6.07 Å². The zero-order valence-corrected chi connectivity index (χ0v) is 14.7. The maximum Gasteiger partial charge on any atom is 0.218 e. The number of H-pyrrole nitrogens is 2. The fourth-order valence-corrected chi connectivity index (χ4v) is 3.16. The van der Waals surface area contributed by atoms with E-state index in [4.69, 9.17) is 4.74 Å². The predicted molar refractivity (Wildman–Crippen MR) is 97.6 cm³/mol. The maximum atomic E-state index is 11.8. The van der Waals surface area contributed by atoms with Crippen molar-refractivity contribution in [3.63, 3.8) is 0 Å². The molecular formula is C19H20N4O2. The Morgan fingerprint density at radius 1 is 1.16 bits per heavy atom. The summed E-state index contributed by atoms with van der Waals surface area (Å²) >= 11 is 0. The van der Waals surface area contributed by atoms with Crippen molar-refractivity contribution >= 4 is 16.4 Å². The van der Waals surface area contributed by atoms with E-state index in [0.29, 0.717) is 11.6 Å². The molecule has 0 radical (unpaired) electrons. The molecule has 0 bridgehead atoms. The van der Waals surface area contributed by atoms with Gasteiger partial charge in [-0.05, 0) is 24.5 Å². The standard InChI is InChI=1S/C19H20N4O2/c1-11-14-6-5-13(10-15(14)21-20-11)25-18-17(19(2,3)4)16-9-12(24)7-8-23(16)22-18/h5-10,22H,1-4H3,(H,20,21). The molecule has 0 amide bonds. The molecular weight excluding hydrogens is 316 g/mol. The van der Waals surface area contributed by atoms with Crippen LogP contribution in [0.1, 0.15) is 32.0 Å². The first kappa shape index (κ1) is 15.5. The lowest BCUT2D eigenvalue weighted by molar-refractivity contribution is 0.439. The first-order chi connectivity index (χ1) is 11.8. The molecule has 0 spiro atoms. The van der Waals surface area contributed by atoms with Crippen molar-refractivity contribution in [3.8, 4) is 11.6 Å². The number of aromatic amines is 2. The third-order valence-electron chi connectivity index (χ3n) is 4.32. The van der Waals surface area contributed by atoms with Gasteiger partial charge in [0.05, 0.1) is 11.0 Å². The van der Waals surface area contributed by atoms with Crippen LogP contribution in [0.2, 0.25) is 0 Å². The number of ether oxygens (including phenoxy) is 1. The van der Waals surface area contributed by atoms with E-state index in [9.17, 15) is 4.79 Å². The predicted octanol–water partition coefficient (Wildman–Crippen LogP) is 3.90. The highest BCUT2D eigenvalue weighted by Gasteiger charge is 2.25. The summed E-state index contributed by atoms with van der Waals surface area (Å²) in [4.78, 5) is 11.8. The number of aryl methyl sites for hydroxylation is 1. The number of hydrogen-bond acceptors (Lipinski definition) is 3. The van der Waals surface area contributed by atoms with Gasteiger partial charge >= 0.3 is 0 Å². The Balaban J connectivity index is 1.86. The average molecular weight is 336 g/mol. The molecule has 4 rings (SSSR count). The van der Waals surface area contributed by atoms with E-state index in [1.54, 1.807) is 12.3 Å². The molecule has 0 aliphatic rings. The molecule has 6 nitrogen and oxygen atoms in total. The molecule has 25 heavy (non-hydrogen) atoms. The minimum atomic E-state index is -0.193. The lowest BCUT2D eigenvalue weighted by Crippen LogP contribution is -2.12. The zero-order valence-electron chi connectivity index (χ0n) is 14.7. The summed E-state index contributed by atoms with van der Waals surface area (Å²) in [7, 11) is 0. The van der Waals surface area contributed by atoms with Crippen molar-refractivity contribution in [1.29, 1.82) is 0 Å². The SMILES string of the molecule is Cc1[nH]nc2cc(Oc3[nH]n4ccc(=O)cc4c3C(C)(C)C)ccc12. The van der Waals surface area contributed by atoms with Gasteiger partial charge in [-0.2, -0.15) is 5.10 Å². The molecule has 2 N–H and O–H groups in total. The van der Waals surface area contributed by atoms with Gasteiger partial charge in [0.1, 0.15) is 5.75 Å². The van der Waals surface area contributed by atoms with Gasteiger partial charge in [0.2, 0.25) is 5.88 Å². The van der Waals surface area contributed by atoms with E-state index >= 15 is 0 Å². The highest BCUT2D eigenvalue weighted by molar-refractivity contribution is 5.82. The number of rotatable bonds is 2. The van der Waals surface area contributed by atoms with Gasteiger partial charge in [0.15, 0.2) is 5.43 Å². The van der Waals surface area contributed by atoms with Crippen molar-refractivity contribution in [1.82, 2.24) is 19.8 Å². The molecule has 0 saturated heterocycles. The molecule has 0 unspecified atom stereocenters.